The molecule has 3 heteroatoms. The summed E-state index contributed by atoms with van der Waals surface area (Å²) in [6.07, 6.45) is 6.34. The van der Waals surface area contributed by atoms with E-state index in [1.807, 2.05) is 0 Å². The van der Waals surface area contributed by atoms with Crippen molar-refractivity contribution in [2.24, 2.45) is 5.41 Å². The van der Waals surface area contributed by atoms with Gasteiger partial charge in [0.15, 0.2) is 11.5 Å². The Balaban J connectivity index is 2.18. The van der Waals surface area contributed by atoms with E-state index in [4.69, 9.17) is 0 Å². The van der Waals surface area contributed by atoms with E-state index in [0.29, 0.717) is 11.1 Å². The standard InChI is InChI=1S/C18H18O3/c1-2-18(10-6-3-7-11-18)14-15(19)12-8-4-5-9-13(12)16(20)17(14)21/h2,4-5,8-9,21H,1,3,6-7,10-11H2. The summed E-state index contributed by atoms with van der Waals surface area (Å²) < 4.78 is 0. The highest BCUT2D eigenvalue weighted by molar-refractivity contribution is 6.26. The molecule has 0 aliphatic heterocycles. The molecule has 3 rings (SSSR count). The van der Waals surface area contributed by atoms with Gasteiger partial charge in [0.05, 0.1) is 5.57 Å². The monoisotopic (exact) mass is 282 g/mol. The molecule has 0 amide bonds. The molecule has 0 saturated heterocycles. The van der Waals surface area contributed by atoms with Gasteiger partial charge in [0.25, 0.3) is 0 Å². The van der Waals surface area contributed by atoms with Crippen LogP contribution in [0.5, 0.6) is 0 Å². The molecule has 1 aromatic carbocycles. The van der Waals surface area contributed by atoms with E-state index in [2.05, 4.69) is 6.58 Å². The number of benzene rings is 1. The SMILES string of the molecule is C=CC1(C2=C(O)C(=O)c3ccccc3C2=O)CCCCC1. The first-order chi connectivity index (χ1) is 10.1. The highest BCUT2D eigenvalue weighted by Gasteiger charge is 2.44. The van der Waals surface area contributed by atoms with Crippen LogP contribution in [-0.2, 0) is 0 Å². The quantitative estimate of drug-likeness (QED) is 0.834. The minimum absolute atomic E-state index is 0.232. The van der Waals surface area contributed by atoms with E-state index in [9.17, 15) is 14.7 Å². The van der Waals surface area contributed by atoms with Gasteiger partial charge in [-0.05, 0) is 12.8 Å². The number of rotatable bonds is 2. The summed E-state index contributed by atoms with van der Waals surface area (Å²) in [5.41, 5.74) is 0.365. The van der Waals surface area contributed by atoms with Crippen LogP contribution in [0, 0.1) is 5.41 Å². The van der Waals surface area contributed by atoms with Gasteiger partial charge < -0.3 is 5.11 Å². The molecule has 1 fully saturated rings. The molecule has 3 nitrogen and oxygen atoms in total. The average Bonchev–Trinajstić information content (AvgIpc) is 2.54. The molecule has 1 saturated carbocycles. The summed E-state index contributed by atoms with van der Waals surface area (Å²) in [5.74, 6) is -1.07. The zero-order chi connectivity index (χ0) is 15.0. The van der Waals surface area contributed by atoms with Gasteiger partial charge in [0.1, 0.15) is 0 Å². The normalized spacial score (nSPS) is 21.1. The number of Topliss-reactive ketones (excluding diaryl/α,β-unsaturated/α-hetero) is 2. The number of hydrogen-bond acceptors (Lipinski definition) is 3. The minimum atomic E-state index is -0.567. The van der Waals surface area contributed by atoms with Crippen molar-refractivity contribution in [2.75, 3.05) is 0 Å². The Morgan fingerprint density at radius 2 is 1.57 bits per heavy atom. The van der Waals surface area contributed by atoms with Gasteiger partial charge in [-0.2, -0.15) is 0 Å². The van der Waals surface area contributed by atoms with E-state index < -0.39 is 11.2 Å². The fraction of sp³-hybridized carbons (Fsp3) is 0.333. The van der Waals surface area contributed by atoms with Crippen molar-refractivity contribution in [3.8, 4) is 0 Å². The molecule has 0 heterocycles. The first kappa shape index (κ1) is 13.8. The van der Waals surface area contributed by atoms with Gasteiger partial charge in [0, 0.05) is 16.5 Å². The van der Waals surface area contributed by atoms with E-state index in [-0.39, 0.29) is 17.1 Å². The molecule has 108 valence electrons. The molecule has 0 aromatic heterocycles. The Morgan fingerprint density at radius 1 is 1.00 bits per heavy atom. The lowest BCUT2D eigenvalue weighted by molar-refractivity contribution is 0.0901. The third-order valence-electron chi connectivity index (χ3n) is 4.73. The Kier molecular flexibility index (Phi) is 3.28. The Bertz CT molecular complexity index is 661. The molecule has 21 heavy (non-hydrogen) atoms. The first-order valence-electron chi connectivity index (χ1n) is 7.36. The number of hydrogen-bond donors (Lipinski definition) is 1. The molecule has 0 radical (unpaired) electrons. The van der Waals surface area contributed by atoms with E-state index >= 15 is 0 Å². The fourth-order valence-electron chi connectivity index (χ4n) is 3.56. The highest BCUT2D eigenvalue weighted by atomic mass is 16.3. The number of allylic oxidation sites excluding steroid dienone is 3. The number of aliphatic hydroxyl groups excluding tert-OH is 1. The average molecular weight is 282 g/mol. The van der Waals surface area contributed by atoms with Crippen molar-refractivity contribution in [3.63, 3.8) is 0 Å². The maximum absolute atomic E-state index is 12.8. The Labute approximate surface area is 124 Å². The zero-order valence-corrected chi connectivity index (χ0v) is 11.9. The highest BCUT2D eigenvalue weighted by Crippen LogP contribution is 2.47. The number of ketones is 2. The van der Waals surface area contributed by atoms with Crippen LogP contribution in [0.4, 0.5) is 0 Å². The molecule has 0 unspecified atom stereocenters. The van der Waals surface area contributed by atoms with Crippen LogP contribution in [0.1, 0.15) is 52.8 Å². The van der Waals surface area contributed by atoms with Crippen molar-refractivity contribution in [1.29, 1.82) is 0 Å². The lowest BCUT2D eigenvalue weighted by Crippen LogP contribution is -2.34. The maximum atomic E-state index is 12.8. The molecule has 2 aliphatic rings. The smallest absolute Gasteiger partial charge is 0.228 e. The first-order valence-corrected chi connectivity index (χ1v) is 7.36. The van der Waals surface area contributed by atoms with E-state index in [1.165, 1.54) is 0 Å². The fourth-order valence-corrected chi connectivity index (χ4v) is 3.56. The van der Waals surface area contributed by atoms with Crippen molar-refractivity contribution in [3.05, 3.63) is 59.4 Å². The molecule has 0 bridgehead atoms. The summed E-state index contributed by atoms with van der Waals surface area (Å²) in [6.45, 7) is 3.87. The summed E-state index contributed by atoms with van der Waals surface area (Å²) >= 11 is 0. The van der Waals surface area contributed by atoms with Gasteiger partial charge in [-0.15, -0.1) is 6.58 Å². The zero-order valence-electron chi connectivity index (χ0n) is 11.9. The largest absolute Gasteiger partial charge is 0.504 e. The second-order valence-electron chi connectivity index (χ2n) is 5.85. The third-order valence-corrected chi connectivity index (χ3v) is 4.73. The predicted octanol–water partition coefficient (Wildman–Crippen LogP) is 4.01. The molecule has 1 N–H and O–H groups in total. The van der Waals surface area contributed by atoms with E-state index in [0.717, 1.165) is 32.1 Å². The van der Waals surface area contributed by atoms with Crippen LogP contribution in [0.3, 0.4) is 0 Å². The van der Waals surface area contributed by atoms with Gasteiger partial charge in [0.2, 0.25) is 5.78 Å². The van der Waals surface area contributed by atoms with Gasteiger partial charge >= 0.3 is 0 Å². The summed E-state index contributed by atoms with van der Waals surface area (Å²) in [6, 6.07) is 6.68. The molecule has 2 aliphatic carbocycles. The number of aliphatic hydroxyl groups is 1. The van der Waals surface area contributed by atoms with Crippen LogP contribution < -0.4 is 0 Å². The number of carbonyl (C=O) groups is 2. The van der Waals surface area contributed by atoms with Crippen LogP contribution >= 0.6 is 0 Å². The molecular formula is C18H18O3. The number of carbonyl (C=O) groups excluding carboxylic acids is 2. The van der Waals surface area contributed by atoms with Crippen molar-refractivity contribution >= 4 is 11.6 Å². The molecule has 0 spiro atoms. The topological polar surface area (TPSA) is 54.4 Å². The number of fused-ring (bicyclic) bond motifs is 1. The lowest BCUT2D eigenvalue weighted by Gasteiger charge is -2.37. The molecule has 1 aromatic rings. The molecular weight excluding hydrogens is 264 g/mol. The van der Waals surface area contributed by atoms with E-state index in [1.54, 1.807) is 30.3 Å². The maximum Gasteiger partial charge on any atom is 0.228 e. The Morgan fingerprint density at radius 3 is 2.14 bits per heavy atom. The molecule has 0 atom stereocenters. The van der Waals surface area contributed by atoms with Crippen molar-refractivity contribution in [1.82, 2.24) is 0 Å². The van der Waals surface area contributed by atoms with Crippen LogP contribution in [-0.4, -0.2) is 16.7 Å². The Hall–Kier alpha value is -2.16. The predicted molar refractivity (Wildman–Crippen MR) is 80.5 cm³/mol. The van der Waals surface area contributed by atoms with Gasteiger partial charge in [-0.1, -0.05) is 49.6 Å². The van der Waals surface area contributed by atoms with Crippen molar-refractivity contribution in [2.45, 2.75) is 32.1 Å². The van der Waals surface area contributed by atoms with Crippen LogP contribution in [0.2, 0.25) is 0 Å². The summed E-state index contributed by atoms with van der Waals surface area (Å²) in [5, 5.41) is 10.4. The second-order valence-corrected chi connectivity index (χ2v) is 5.85. The van der Waals surface area contributed by atoms with Crippen LogP contribution in [0.25, 0.3) is 0 Å². The van der Waals surface area contributed by atoms with Crippen molar-refractivity contribution < 1.29 is 14.7 Å². The van der Waals surface area contributed by atoms with Crippen LogP contribution in [0.15, 0.2) is 48.3 Å². The second kappa shape index (κ2) is 4.99. The summed E-state index contributed by atoms with van der Waals surface area (Å²) in [4.78, 5) is 25.2. The summed E-state index contributed by atoms with van der Waals surface area (Å²) in [7, 11) is 0. The minimum Gasteiger partial charge on any atom is -0.504 e. The van der Waals surface area contributed by atoms with Gasteiger partial charge in [-0.3, -0.25) is 9.59 Å². The van der Waals surface area contributed by atoms with Gasteiger partial charge in [-0.25, -0.2) is 0 Å². The third kappa shape index (κ3) is 1.96. The lowest BCUT2D eigenvalue weighted by atomic mass is 9.65.